The molecule has 6 heteroatoms. The Balaban J connectivity index is 1.53. The fourth-order valence-electron chi connectivity index (χ4n) is 3.41. The highest BCUT2D eigenvalue weighted by Gasteiger charge is 2.24. The fourth-order valence-corrected chi connectivity index (χ4v) is 3.41. The van der Waals surface area contributed by atoms with E-state index in [0.717, 1.165) is 16.8 Å². The molecule has 1 fully saturated rings. The number of aryl methyl sites for hydroxylation is 3. The van der Waals surface area contributed by atoms with Crippen molar-refractivity contribution in [3.05, 3.63) is 64.5 Å². The predicted molar refractivity (Wildman–Crippen MR) is 108 cm³/mol. The van der Waals surface area contributed by atoms with Crippen molar-refractivity contribution in [1.29, 1.82) is 0 Å². The average Bonchev–Trinajstić information content (AvgIpc) is 2.67. The lowest BCUT2D eigenvalue weighted by Gasteiger charge is -2.34. The molecule has 0 radical (unpaired) electrons. The standard InChI is InChI=1S/C22H26FN3O2/c1-15-7-8-18(13-19(15)23)22(28)26-11-9-25(10-12-26)14-20(27)24-21-16(2)5-4-6-17(21)3/h4-8,13H,9-12,14H2,1-3H3,(H,24,27). The maximum atomic E-state index is 13.7. The summed E-state index contributed by atoms with van der Waals surface area (Å²) in [6, 6.07) is 10.5. The van der Waals surface area contributed by atoms with Gasteiger partial charge in [0.1, 0.15) is 5.82 Å². The molecule has 0 bridgehead atoms. The van der Waals surface area contributed by atoms with Crippen molar-refractivity contribution in [2.75, 3.05) is 38.0 Å². The van der Waals surface area contributed by atoms with Gasteiger partial charge in [-0.25, -0.2) is 4.39 Å². The monoisotopic (exact) mass is 383 g/mol. The number of halogens is 1. The lowest BCUT2D eigenvalue weighted by atomic mass is 10.1. The highest BCUT2D eigenvalue weighted by Crippen LogP contribution is 2.19. The van der Waals surface area contributed by atoms with E-state index in [1.54, 1.807) is 24.0 Å². The third kappa shape index (κ3) is 4.57. The molecule has 28 heavy (non-hydrogen) atoms. The maximum absolute atomic E-state index is 13.7. The van der Waals surface area contributed by atoms with Gasteiger partial charge in [0.2, 0.25) is 5.91 Å². The van der Waals surface area contributed by atoms with Crippen molar-refractivity contribution in [1.82, 2.24) is 9.80 Å². The Kier molecular flexibility index (Phi) is 6.09. The second-order valence-electron chi connectivity index (χ2n) is 7.35. The highest BCUT2D eigenvalue weighted by atomic mass is 19.1. The van der Waals surface area contributed by atoms with Crippen LogP contribution < -0.4 is 5.32 Å². The summed E-state index contributed by atoms with van der Waals surface area (Å²) < 4.78 is 13.7. The molecular weight excluding hydrogens is 357 g/mol. The van der Waals surface area contributed by atoms with Gasteiger partial charge in [-0.15, -0.1) is 0 Å². The third-order valence-electron chi connectivity index (χ3n) is 5.19. The number of para-hydroxylation sites is 1. The van der Waals surface area contributed by atoms with Gasteiger partial charge in [0.05, 0.1) is 6.54 Å². The van der Waals surface area contributed by atoms with E-state index in [1.807, 2.05) is 36.9 Å². The summed E-state index contributed by atoms with van der Waals surface area (Å²) in [5.41, 5.74) is 3.83. The molecule has 2 aromatic carbocycles. The largest absolute Gasteiger partial charge is 0.336 e. The molecular formula is C22H26FN3O2. The topological polar surface area (TPSA) is 52.7 Å². The number of hydrogen-bond acceptors (Lipinski definition) is 3. The Morgan fingerprint density at radius 3 is 2.21 bits per heavy atom. The lowest BCUT2D eigenvalue weighted by molar-refractivity contribution is -0.117. The first-order valence-corrected chi connectivity index (χ1v) is 9.49. The van der Waals surface area contributed by atoms with Crippen LogP contribution in [0, 0.1) is 26.6 Å². The summed E-state index contributed by atoms with van der Waals surface area (Å²) in [4.78, 5) is 28.7. The van der Waals surface area contributed by atoms with Gasteiger partial charge in [0, 0.05) is 37.4 Å². The molecule has 1 aliphatic heterocycles. The van der Waals surface area contributed by atoms with Gasteiger partial charge in [0.25, 0.3) is 5.91 Å². The van der Waals surface area contributed by atoms with Gasteiger partial charge in [0.15, 0.2) is 0 Å². The molecule has 1 N–H and O–H groups in total. The van der Waals surface area contributed by atoms with Crippen LogP contribution in [0.3, 0.4) is 0 Å². The molecule has 1 heterocycles. The summed E-state index contributed by atoms with van der Waals surface area (Å²) in [6.45, 7) is 8.17. The van der Waals surface area contributed by atoms with Crippen molar-refractivity contribution in [2.24, 2.45) is 0 Å². The van der Waals surface area contributed by atoms with E-state index in [1.165, 1.54) is 6.07 Å². The molecule has 3 rings (SSSR count). The number of nitrogens with zero attached hydrogens (tertiary/aromatic N) is 2. The van der Waals surface area contributed by atoms with E-state index in [4.69, 9.17) is 0 Å². The minimum Gasteiger partial charge on any atom is -0.336 e. The first-order valence-electron chi connectivity index (χ1n) is 9.49. The Labute approximate surface area is 165 Å². The van der Waals surface area contributed by atoms with Crippen LogP contribution in [0.1, 0.15) is 27.0 Å². The van der Waals surface area contributed by atoms with E-state index in [2.05, 4.69) is 5.32 Å². The number of piperazine rings is 1. The van der Waals surface area contributed by atoms with Gasteiger partial charge in [-0.2, -0.15) is 0 Å². The van der Waals surface area contributed by atoms with Crippen molar-refractivity contribution >= 4 is 17.5 Å². The van der Waals surface area contributed by atoms with E-state index in [9.17, 15) is 14.0 Å². The summed E-state index contributed by atoms with van der Waals surface area (Å²) in [5, 5.41) is 2.99. The van der Waals surface area contributed by atoms with Crippen LogP contribution in [0.2, 0.25) is 0 Å². The fraction of sp³-hybridized carbons (Fsp3) is 0.364. The third-order valence-corrected chi connectivity index (χ3v) is 5.19. The molecule has 0 aromatic heterocycles. The highest BCUT2D eigenvalue weighted by molar-refractivity contribution is 5.95. The van der Waals surface area contributed by atoms with Gasteiger partial charge in [-0.05, 0) is 49.6 Å². The molecule has 0 aliphatic carbocycles. The van der Waals surface area contributed by atoms with Crippen LogP contribution in [-0.4, -0.2) is 54.3 Å². The maximum Gasteiger partial charge on any atom is 0.254 e. The molecule has 1 saturated heterocycles. The molecule has 2 aromatic rings. The second kappa shape index (κ2) is 8.52. The van der Waals surface area contributed by atoms with Crippen LogP contribution in [-0.2, 0) is 4.79 Å². The zero-order chi connectivity index (χ0) is 20.3. The van der Waals surface area contributed by atoms with E-state index in [0.29, 0.717) is 37.3 Å². The Morgan fingerprint density at radius 2 is 1.61 bits per heavy atom. The molecule has 0 saturated carbocycles. The smallest absolute Gasteiger partial charge is 0.254 e. The van der Waals surface area contributed by atoms with Gasteiger partial charge >= 0.3 is 0 Å². The first-order chi connectivity index (χ1) is 13.3. The molecule has 0 atom stereocenters. The molecule has 0 unspecified atom stereocenters. The number of anilines is 1. The number of nitrogens with one attached hydrogen (secondary N) is 1. The number of amides is 2. The van der Waals surface area contributed by atoms with Crippen LogP contribution in [0.5, 0.6) is 0 Å². The van der Waals surface area contributed by atoms with Gasteiger partial charge < -0.3 is 10.2 Å². The van der Waals surface area contributed by atoms with Crippen LogP contribution in [0.15, 0.2) is 36.4 Å². The molecule has 0 spiro atoms. The number of carbonyl (C=O) groups excluding carboxylic acids is 2. The summed E-state index contributed by atoms with van der Waals surface area (Å²) in [6.07, 6.45) is 0. The van der Waals surface area contributed by atoms with Gasteiger partial charge in [-0.3, -0.25) is 14.5 Å². The first kappa shape index (κ1) is 20.0. The Bertz CT molecular complexity index is 869. The van der Waals surface area contributed by atoms with Crippen molar-refractivity contribution < 1.29 is 14.0 Å². The Morgan fingerprint density at radius 1 is 0.964 bits per heavy atom. The zero-order valence-corrected chi connectivity index (χ0v) is 16.6. The molecule has 5 nitrogen and oxygen atoms in total. The van der Waals surface area contributed by atoms with E-state index < -0.39 is 0 Å². The van der Waals surface area contributed by atoms with E-state index in [-0.39, 0.29) is 24.2 Å². The van der Waals surface area contributed by atoms with Crippen LogP contribution in [0.25, 0.3) is 0 Å². The summed E-state index contributed by atoms with van der Waals surface area (Å²) in [5.74, 6) is -0.594. The van der Waals surface area contributed by atoms with Crippen LogP contribution in [0.4, 0.5) is 10.1 Å². The number of hydrogen-bond donors (Lipinski definition) is 1. The Hall–Kier alpha value is -2.73. The minimum absolute atomic E-state index is 0.0576. The number of rotatable bonds is 4. The second-order valence-corrected chi connectivity index (χ2v) is 7.35. The predicted octanol–water partition coefficient (Wildman–Crippen LogP) is 3.15. The van der Waals surface area contributed by atoms with E-state index >= 15 is 0 Å². The normalized spacial score (nSPS) is 14.8. The molecule has 148 valence electrons. The van der Waals surface area contributed by atoms with Crippen molar-refractivity contribution in [3.8, 4) is 0 Å². The number of carbonyl (C=O) groups is 2. The SMILES string of the molecule is Cc1ccc(C(=O)N2CCN(CC(=O)Nc3c(C)cccc3C)CC2)cc1F. The van der Waals surface area contributed by atoms with Crippen molar-refractivity contribution in [3.63, 3.8) is 0 Å². The molecule has 2 amide bonds. The van der Waals surface area contributed by atoms with Crippen LogP contribution >= 0.6 is 0 Å². The number of benzene rings is 2. The average molecular weight is 383 g/mol. The summed E-state index contributed by atoms with van der Waals surface area (Å²) in [7, 11) is 0. The molecule has 1 aliphatic rings. The van der Waals surface area contributed by atoms with Gasteiger partial charge in [-0.1, -0.05) is 24.3 Å². The lowest BCUT2D eigenvalue weighted by Crippen LogP contribution is -2.50. The van der Waals surface area contributed by atoms with Crippen molar-refractivity contribution in [2.45, 2.75) is 20.8 Å². The minimum atomic E-state index is -0.368. The zero-order valence-electron chi connectivity index (χ0n) is 16.6. The summed E-state index contributed by atoms with van der Waals surface area (Å²) >= 11 is 0. The quantitative estimate of drug-likeness (QED) is 0.883.